The van der Waals surface area contributed by atoms with E-state index in [2.05, 4.69) is 4.90 Å². The van der Waals surface area contributed by atoms with Crippen LogP contribution in [-0.4, -0.2) is 101 Å². The fraction of sp³-hybridized carbons (Fsp3) is 0.636. The van der Waals surface area contributed by atoms with Crippen LogP contribution in [-0.2, 0) is 33.2 Å². The Hall–Kier alpha value is -1.73. The summed E-state index contributed by atoms with van der Waals surface area (Å²) >= 11 is 6.20. The van der Waals surface area contributed by atoms with E-state index in [1.165, 1.54) is 19.3 Å². The maximum Gasteiger partial charge on any atom is 0.282 e. The highest BCUT2D eigenvalue weighted by atomic mass is 35.5. The SMILES string of the molecule is C[C@H]1CN(S(=O)(=O)c2ccc(N(C)C)cc2)CCCN(CCC2CCC2)CCCN(S(=O)(=O)N2CCc3cc(Cl)ccc3C2)C1. The summed E-state index contributed by atoms with van der Waals surface area (Å²) in [6.07, 6.45) is 7.15. The first-order chi connectivity index (χ1) is 21.4. The lowest BCUT2D eigenvalue weighted by atomic mass is 9.83. The molecule has 0 bridgehead atoms. The summed E-state index contributed by atoms with van der Waals surface area (Å²) < 4.78 is 61.1. The van der Waals surface area contributed by atoms with Gasteiger partial charge in [-0.05, 0) is 105 Å². The Labute approximate surface area is 276 Å². The monoisotopic (exact) mass is 679 g/mol. The third kappa shape index (κ3) is 8.60. The first kappa shape index (κ1) is 34.6. The zero-order chi connectivity index (χ0) is 32.2. The lowest BCUT2D eigenvalue weighted by molar-refractivity contribution is 0.191. The van der Waals surface area contributed by atoms with Crippen molar-refractivity contribution in [3.63, 3.8) is 0 Å². The highest BCUT2D eigenvalue weighted by molar-refractivity contribution is 7.89. The van der Waals surface area contributed by atoms with E-state index in [9.17, 15) is 16.8 Å². The van der Waals surface area contributed by atoms with Gasteiger partial charge in [0, 0.05) is 64.1 Å². The van der Waals surface area contributed by atoms with Crippen molar-refractivity contribution in [2.75, 3.05) is 71.4 Å². The third-order valence-electron chi connectivity index (χ3n) is 9.66. The fourth-order valence-corrected chi connectivity index (χ4v) is 10.3. The van der Waals surface area contributed by atoms with Crippen LogP contribution in [0.15, 0.2) is 47.4 Å². The van der Waals surface area contributed by atoms with Crippen LogP contribution in [0.4, 0.5) is 5.69 Å². The number of rotatable bonds is 8. The molecule has 5 rings (SSSR count). The predicted octanol–water partition coefficient (Wildman–Crippen LogP) is 4.92. The molecule has 250 valence electrons. The Balaban J connectivity index is 1.37. The summed E-state index contributed by atoms with van der Waals surface area (Å²) in [5.41, 5.74) is 3.01. The lowest BCUT2D eigenvalue weighted by Gasteiger charge is -2.36. The molecule has 0 unspecified atom stereocenters. The van der Waals surface area contributed by atoms with Gasteiger partial charge in [-0.15, -0.1) is 0 Å². The number of anilines is 1. The first-order valence-electron chi connectivity index (χ1n) is 16.5. The molecule has 0 N–H and O–H groups in total. The second kappa shape index (κ2) is 15.0. The van der Waals surface area contributed by atoms with Gasteiger partial charge in [-0.1, -0.05) is 43.9 Å². The molecule has 1 aliphatic carbocycles. The standard InChI is InChI=1S/C33H50ClN5O4S2/c1-27-24-37(44(40,41)33-13-11-32(12-14-33)35(2)3)19-5-17-36(21-15-28-7-4-8-28)18-6-20-38(25-27)45(42,43)39-22-16-29-23-31(34)10-9-30(29)26-39/h9-14,23,27-28H,4-8,15-22,24-26H2,1-3H3/t27-/m0/s1. The quantitative estimate of drug-likeness (QED) is 0.394. The Kier molecular flexibility index (Phi) is 11.5. The minimum Gasteiger partial charge on any atom is -0.378 e. The van der Waals surface area contributed by atoms with Gasteiger partial charge in [0.15, 0.2) is 0 Å². The van der Waals surface area contributed by atoms with Crippen LogP contribution in [0.2, 0.25) is 5.02 Å². The van der Waals surface area contributed by atoms with Crippen molar-refractivity contribution in [2.45, 2.75) is 63.3 Å². The molecule has 0 spiro atoms. The van der Waals surface area contributed by atoms with E-state index >= 15 is 0 Å². The van der Waals surface area contributed by atoms with Crippen LogP contribution in [0, 0.1) is 11.8 Å². The maximum atomic E-state index is 14.2. The lowest BCUT2D eigenvalue weighted by Crippen LogP contribution is -2.49. The van der Waals surface area contributed by atoms with Crippen LogP contribution >= 0.6 is 11.6 Å². The van der Waals surface area contributed by atoms with Gasteiger partial charge in [-0.2, -0.15) is 21.3 Å². The number of benzene rings is 2. The number of hydrogen-bond acceptors (Lipinski definition) is 6. The van der Waals surface area contributed by atoms with Crippen molar-refractivity contribution in [3.8, 4) is 0 Å². The molecule has 1 atom stereocenters. The molecule has 2 heterocycles. The summed E-state index contributed by atoms with van der Waals surface area (Å²) in [5, 5.41) is 0.664. The normalized spacial score (nSPS) is 22.6. The van der Waals surface area contributed by atoms with Gasteiger partial charge in [-0.25, -0.2) is 8.42 Å². The molecule has 45 heavy (non-hydrogen) atoms. The van der Waals surface area contributed by atoms with E-state index in [4.69, 9.17) is 11.6 Å². The molecule has 2 aliphatic heterocycles. The minimum absolute atomic E-state index is 0.194. The number of nitrogens with zero attached hydrogens (tertiary/aromatic N) is 5. The van der Waals surface area contributed by atoms with Crippen molar-refractivity contribution in [3.05, 3.63) is 58.6 Å². The molecule has 9 nitrogen and oxygen atoms in total. The number of sulfonamides is 1. The molecule has 12 heteroatoms. The van der Waals surface area contributed by atoms with Gasteiger partial charge < -0.3 is 9.80 Å². The molecule has 3 aliphatic rings. The topological polar surface area (TPSA) is 84.5 Å². The molecule has 2 aromatic rings. The predicted molar refractivity (Wildman–Crippen MR) is 182 cm³/mol. The summed E-state index contributed by atoms with van der Waals surface area (Å²) in [5.74, 6) is 0.587. The van der Waals surface area contributed by atoms with Gasteiger partial charge >= 0.3 is 0 Å². The molecule has 1 saturated heterocycles. The van der Waals surface area contributed by atoms with Crippen molar-refractivity contribution in [1.82, 2.24) is 17.8 Å². The third-order valence-corrected chi connectivity index (χ3v) is 13.7. The zero-order valence-electron chi connectivity index (χ0n) is 27.1. The molecule has 0 radical (unpaired) electrons. The second-order valence-electron chi connectivity index (χ2n) is 13.4. The van der Waals surface area contributed by atoms with Crippen LogP contribution in [0.1, 0.15) is 56.6 Å². The second-order valence-corrected chi connectivity index (χ2v) is 17.7. The van der Waals surface area contributed by atoms with Crippen molar-refractivity contribution in [1.29, 1.82) is 0 Å². The Morgan fingerprint density at radius 3 is 2.11 bits per heavy atom. The molecule has 0 amide bonds. The zero-order valence-corrected chi connectivity index (χ0v) is 29.5. The summed E-state index contributed by atoms with van der Waals surface area (Å²) in [6.45, 7) is 6.58. The van der Waals surface area contributed by atoms with Crippen LogP contribution in [0.25, 0.3) is 0 Å². The van der Waals surface area contributed by atoms with E-state index in [-0.39, 0.29) is 23.9 Å². The summed E-state index contributed by atoms with van der Waals surface area (Å²) in [4.78, 5) is 4.63. The number of halogens is 1. The highest BCUT2D eigenvalue weighted by Crippen LogP contribution is 2.30. The van der Waals surface area contributed by atoms with Gasteiger partial charge in [-0.3, -0.25) is 0 Å². The van der Waals surface area contributed by atoms with E-state index in [1.807, 2.05) is 56.3 Å². The molecule has 2 aromatic carbocycles. The van der Waals surface area contributed by atoms with Crippen LogP contribution < -0.4 is 4.90 Å². The maximum absolute atomic E-state index is 14.2. The van der Waals surface area contributed by atoms with Crippen molar-refractivity contribution >= 4 is 37.5 Å². The molecular formula is C33H50ClN5O4S2. The van der Waals surface area contributed by atoms with Crippen molar-refractivity contribution in [2.24, 2.45) is 11.8 Å². The summed E-state index contributed by atoms with van der Waals surface area (Å²) in [7, 11) is -3.69. The van der Waals surface area contributed by atoms with Crippen LogP contribution in [0.3, 0.4) is 0 Å². The smallest absolute Gasteiger partial charge is 0.282 e. The van der Waals surface area contributed by atoms with Gasteiger partial charge in [0.25, 0.3) is 10.2 Å². The Morgan fingerprint density at radius 1 is 0.800 bits per heavy atom. The van der Waals surface area contributed by atoms with Gasteiger partial charge in [0.2, 0.25) is 10.0 Å². The number of hydrogen-bond donors (Lipinski definition) is 0. The minimum atomic E-state index is -3.77. The van der Waals surface area contributed by atoms with E-state index in [0.717, 1.165) is 61.6 Å². The Bertz CT molecular complexity index is 1500. The number of fused-ring (bicyclic) bond motifs is 1. The molecule has 1 saturated carbocycles. The van der Waals surface area contributed by atoms with Gasteiger partial charge in [0.05, 0.1) is 4.90 Å². The molecule has 2 fully saturated rings. The van der Waals surface area contributed by atoms with Gasteiger partial charge in [0.1, 0.15) is 0 Å². The first-order valence-corrected chi connectivity index (χ1v) is 19.7. The highest BCUT2D eigenvalue weighted by Gasteiger charge is 2.35. The fourth-order valence-electron chi connectivity index (χ4n) is 6.71. The van der Waals surface area contributed by atoms with E-state index in [0.29, 0.717) is 37.6 Å². The summed E-state index contributed by atoms with van der Waals surface area (Å²) in [6, 6.07) is 12.7. The van der Waals surface area contributed by atoms with Crippen LogP contribution in [0.5, 0.6) is 0 Å². The average molecular weight is 680 g/mol. The van der Waals surface area contributed by atoms with Crippen molar-refractivity contribution < 1.29 is 16.8 Å². The average Bonchev–Trinajstić information content (AvgIpc) is 2.97. The Morgan fingerprint density at radius 2 is 1.47 bits per heavy atom. The molecular weight excluding hydrogens is 630 g/mol. The van der Waals surface area contributed by atoms with E-state index < -0.39 is 20.2 Å². The molecule has 0 aromatic heterocycles. The largest absolute Gasteiger partial charge is 0.378 e. The van der Waals surface area contributed by atoms with E-state index in [1.54, 1.807) is 25.0 Å².